The first kappa shape index (κ1) is 15.8. The molecular formula is C17H29NO2. The Hall–Kier alpha value is -0.590. The van der Waals surface area contributed by atoms with Gasteiger partial charge >= 0.3 is 0 Å². The molecule has 0 N–H and O–H groups in total. The van der Waals surface area contributed by atoms with Gasteiger partial charge < -0.3 is 9.47 Å². The summed E-state index contributed by atoms with van der Waals surface area (Å²) >= 11 is 0. The quantitative estimate of drug-likeness (QED) is 0.754. The van der Waals surface area contributed by atoms with Crippen LogP contribution in [0, 0.1) is 28.6 Å². The zero-order valence-electron chi connectivity index (χ0n) is 13.1. The van der Waals surface area contributed by atoms with Crippen LogP contribution < -0.4 is 0 Å². The maximum Gasteiger partial charge on any atom is 0.176 e. The number of nitriles is 1. The van der Waals surface area contributed by atoms with Crippen molar-refractivity contribution in [3.8, 4) is 6.07 Å². The van der Waals surface area contributed by atoms with E-state index in [4.69, 9.17) is 9.47 Å². The maximum absolute atomic E-state index is 9.67. The Bertz CT molecular complexity index is 320. The van der Waals surface area contributed by atoms with Crippen molar-refractivity contribution >= 4 is 0 Å². The van der Waals surface area contributed by atoms with E-state index >= 15 is 0 Å². The highest BCUT2D eigenvalue weighted by molar-refractivity contribution is 5.04. The first-order valence-electron chi connectivity index (χ1n) is 8.38. The molecule has 1 heterocycles. The van der Waals surface area contributed by atoms with Crippen molar-refractivity contribution in [2.24, 2.45) is 17.3 Å². The third kappa shape index (κ3) is 3.54. The fourth-order valence-electron chi connectivity index (χ4n) is 3.73. The number of nitrogens with zero attached hydrogens (tertiary/aromatic N) is 1. The minimum Gasteiger partial charge on any atom is -0.351 e. The van der Waals surface area contributed by atoms with Crippen molar-refractivity contribution < 1.29 is 9.47 Å². The lowest BCUT2D eigenvalue weighted by Gasteiger charge is -2.42. The van der Waals surface area contributed by atoms with Crippen molar-refractivity contribution in [1.82, 2.24) is 0 Å². The van der Waals surface area contributed by atoms with Crippen molar-refractivity contribution in [1.29, 1.82) is 5.26 Å². The maximum atomic E-state index is 9.67. The van der Waals surface area contributed by atoms with Gasteiger partial charge in [0.15, 0.2) is 6.29 Å². The zero-order chi connectivity index (χ0) is 14.4. The van der Waals surface area contributed by atoms with Gasteiger partial charge in [-0.1, -0.05) is 33.1 Å². The van der Waals surface area contributed by atoms with Crippen molar-refractivity contribution in [3.63, 3.8) is 0 Å². The van der Waals surface area contributed by atoms with Crippen LogP contribution in [-0.2, 0) is 9.47 Å². The molecule has 1 aliphatic carbocycles. The molecule has 1 aliphatic heterocycles. The smallest absolute Gasteiger partial charge is 0.176 e. The van der Waals surface area contributed by atoms with E-state index in [1.807, 2.05) is 0 Å². The molecule has 0 atom stereocenters. The van der Waals surface area contributed by atoms with Gasteiger partial charge in [0.2, 0.25) is 0 Å². The van der Waals surface area contributed by atoms with E-state index in [1.165, 1.54) is 19.3 Å². The Morgan fingerprint density at radius 2 is 1.55 bits per heavy atom. The van der Waals surface area contributed by atoms with E-state index in [2.05, 4.69) is 19.9 Å². The average molecular weight is 279 g/mol. The molecular weight excluding hydrogens is 250 g/mol. The van der Waals surface area contributed by atoms with Crippen LogP contribution in [0.25, 0.3) is 0 Å². The standard InChI is InChI=1S/C17H29NO2/c1-3-5-14-7-9-17(13-18,10-8-14)16-19-11-15(6-4-2)12-20-16/h14-16H,3-12H2,1-2H3/t14-,15?,16?,17-. The largest absolute Gasteiger partial charge is 0.351 e. The van der Waals surface area contributed by atoms with E-state index in [1.54, 1.807) is 0 Å². The summed E-state index contributed by atoms with van der Waals surface area (Å²) < 4.78 is 11.9. The highest BCUT2D eigenvalue weighted by Gasteiger charge is 2.45. The molecule has 0 aromatic heterocycles. The number of ether oxygens (including phenoxy) is 2. The van der Waals surface area contributed by atoms with Crippen LogP contribution in [-0.4, -0.2) is 19.5 Å². The second kappa shape index (κ2) is 7.43. The normalized spacial score (nSPS) is 38.4. The Kier molecular flexibility index (Phi) is 5.86. The molecule has 2 rings (SSSR count). The predicted octanol–water partition coefficient (Wildman–Crippen LogP) is 4.28. The molecule has 2 fully saturated rings. The molecule has 3 heteroatoms. The molecule has 20 heavy (non-hydrogen) atoms. The third-order valence-corrected chi connectivity index (χ3v) is 5.03. The summed E-state index contributed by atoms with van der Waals surface area (Å²) in [6, 6.07) is 2.55. The van der Waals surface area contributed by atoms with E-state index in [0.717, 1.165) is 51.2 Å². The van der Waals surface area contributed by atoms with Crippen LogP contribution in [0.2, 0.25) is 0 Å². The molecule has 2 aliphatic rings. The first-order chi connectivity index (χ1) is 9.74. The topological polar surface area (TPSA) is 42.2 Å². The minimum atomic E-state index is -0.387. The predicted molar refractivity (Wildman–Crippen MR) is 79.0 cm³/mol. The van der Waals surface area contributed by atoms with Gasteiger partial charge in [-0.25, -0.2) is 0 Å². The molecule has 0 aromatic rings. The molecule has 0 amide bonds. The Labute approximate surface area is 123 Å². The highest BCUT2D eigenvalue weighted by atomic mass is 16.7. The summed E-state index contributed by atoms with van der Waals surface area (Å²) in [6.45, 7) is 5.96. The van der Waals surface area contributed by atoms with E-state index < -0.39 is 0 Å². The summed E-state index contributed by atoms with van der Waals surface area (Å²) in [5.41, 5.74) is -0.387. The number of hydrogen-bond acceptors (Lipinski definition) is 3. The molecule has 0 unspecified atom stereocenters. The minimum absolute atomic E-state index is 0.289. The van der Waals surface area contributed by atoms with Gasteiger partial charge in [0.1, 0.15) is 5.41 Å². The lowest BCUT2D eigenvalue weighted by molar-refractivity contribution is -0.247. The van der Waals surface area contributed by atoms with Gasteiger partial charge in [-0.3, -0.25) is 0 Å². The van der Waals surface area contributed by atoms with Crippen LogP contribution in [0.15, 0.2) is 0 Å². The fourth-order valence-corrected chi connectivity index (χ4v) is 3.73. The first-order valence-corrected chi connectivity index (χ1v) is 8.38. The lowest BCUT2D eigenvalue weighted by atomic mass is 9.69. The molecule has 1 saturated carbocycles. The van der Waals surface area contributed by atoms with E-state index in [0.29, 0.717) is 5.92 Å². The lowest BCUT2D eigenvalue weighted by Crippen LogP contribution is -2.45. The monoisotopic (exact) mass is 279 g/mol. The summed E-state index contributed by atoms with van der Waals surface area (Å²) in [5.74, 6) is 1.32. The molecule has 0 bridgehead atoms. The van der Waals surface area contributed by atoms with E-state index in [-0.39, 0.29) is 11.7 Å². The molecule has 0 radical (unpaired) electrons. The van der Waals surface area contributed by atoms with Crippen molar-refractivity contribution in [2.75, 3.05) is 13.2 Å². The summed E-state index contributed by atoms with van der Waals surface area (Å²) in [4.78, 5) is 0. The third-order valence-electron chi connectivity index (χ3n) is 5.03. The summed E-state index contributed by atoms with van der Waals surface area (Å²) in [5, 5.41) is 9.67. The van der Waals surface area contributed by atoms with Gasteiger partial charge in [0.05, 0.1) is 19.3 Å². The highest BCUT2D eigenvalue weighted by Crippen LogP contribution is 2.45. The van der Waals surface area contributed by atoms with Gasteiger partial charge in [-0.2, -0.15) is 5.26 Å². The molecule has 0 aromatic carbocycles. The summed E-state index contributed by atoms with van der Waals surface area (Å²) in [6.07, 6.45) is 8.78. The molecule has 1 saturated heterocycles. The zero-order valence-corrected chi connectivity index (χ0v) is 13.1. The van der Waals surface area contributed by atoms with Crippen LogP contribution >= 0.6 is 0 Å². The summed E-state index contributed by atoms with van der Waals surface area (Å²) in [7, 11) is 0. The molecule has 114 valence electrons. The van der Waals surface area contributed by atoms with Crippen molar-refractivity contribution in [3.05, 3.63) is 0 Å². The van der Waals surface area contributed by atoms with Crippen LogP contribution in [0.4, 0.5) is 0 Å². The Morgan fingerprint density at radius 1 is 1.00 bits per heavy atom. The Morgan fingerprint density at radius 3 is 2.05 bits per heavy atom. The average Bonchev–Trinajstić information content (AvgIpc) is 2.50. The van der Waals surface area contributed by atoms with Gasteiger partial charge in [0.25, 0.3) is 0 Å². The fraction of sp³-hybridized carbons (Fsp3) is 0.941. The van der Waals surface area contributed by atoms with Crippen LogP contribution in [0.1, 0.15) is 65.2 Å². The second-order valence-corrected chi connectivity index (χ2v) is 6.65. The molecule has 3 nitrogen and oxygen atoms in total. The van der Waals surface area contributed by atoms with Gasteiger partial charge in [-0.05, 0) is 38.0 Å². The van der Waals surface area contributed by atoms with Crippen molar-refractivity contribution in [2.45, 2.75) is 71.5 Å². The van der Waals surface area contributed by atoms with Gasteiger partial charge in [0, 0.05) is 5.92 Å². The van der Waals surface area contributed by atoms with Crippen LogP contribution in [0.5, 0.6) is 0 Å². The number of rotatable bonds is 5. The second-order valence-electron chi connectivity index (χ2n) is 6.65. The van der Waals surface area contributed by atoms with Crippen LogP contribution in [0.3, 0.4) is 0 Å². The van der Waals surface area contributed by atoms with E-state index in [9.17, 15) is 5.26 Å². The number of hydrogen-bond donors (Lipinski definition) is 0. The van der Waals surface area contributed by atoms with Gasteiger partial charge in [-0.15, -0.1) is 0 Å². The Balaban J connectivity index is 1.88. The molecule has 0 spiro atoms. The SMILES string of the molecule is CCCC1COC([C@]2(C#N)CC[C@@H](CCC)CC2)OC1.